The van der Waals surface area contributed by atoms with Crippen LogP contribution in [0.3, 0.4) is 0 Å². The van der Waals surface area contributed by atoms with Crippen LogP contribution < -0.4 is 57.5 Å². The van der Waals surface area contributed by atoms with Gasteiger partial charge in [-0.05, 0) is 0 Å². The van der Waals surface area contributed by atoms with Crippen LogP contribution in [0.4, 0.5) is 0 Å². The van der Waals surface area contributed by atoms with Gasteiger partial charge in [-0.3, -0.25) is 3.53 Å². The molecule has 0 aromatic heterocycles. The smallest absolute Gasteiger partial charge is 0.570 e. The van der Waals surface area contributed by atoms with Crippen molar-refractivity contribution in [3.8, 4) is 0 Å². The van der Waals surface area contributed by atoms with E-state index in [-0.39, 0.29) is 61.1 Å². The molecule has 0 aliphatic carbocycles. The summed E-state index contributed by atoms with van der Waals surface area (Å²) in [5, 5.41) is 0. The van der Waals surface area contributed by atoms with Crippen molar-refractivity contribution in [1.82, 2.24) is 6.15 Å². The third-order valence-electron chi connectivity index (χ3n) is 0. The summed E-state index contributed by atoms with van der Waals surface area (Å²) in [5.41, 5.74) is 0. The first-order valence-corrected chi connectivity index (χ1v) is 1.84. The molecule has 0 atom stereocenters. The molecule has 0 bridgehead atoms. The molecule has 32 valence electrons. The average molecular weight is 165 g/mol. The van der Waals surface area contributed by atoms with Crippen molar-refractivity contribution in [3.05, 3.63) is 0 Å². The zero-order chi connectivity index (χ0) is 3.58. The number of hydrogen-bond donors (Lipinski definition) is 1. The van der Waals surface area contributed by atoms with Gasteiger partial charge in [0.25, 0.3) is 0 Å². The molecule has 0 saturated carbocycles. The molecule has 0 unspecified atom stereocenters. The van der Waals surface area contributed by atoms with Crippen molar-refractivity contribution in [2.24, 2.45) is 0 Å². The van der Waals surface area contributed by atoms with Gasteiger partial charge >= 0.3 is 51.4 Å². The van der Waals surface area contributed by atoms with Crippen LogP contribution in [-0.2, 0) is 25.3 Å². The SMILES string of the molecule is S=C([S-])[S-].[K+].[NH4+]. The minimum atomic E-state index is 0. The van der Waals surface area contributed by atoms with E-state index in [4.69, 9.17) is 0 Å². The molecule has 1 nitrogen and oxygen atoms in total. The first-order valence-electron chi connectivity index (χ1n) is 0.612. The van der Waals surface area contributed by atoms with E-state index in [0.717, 1.165) is 0 Å². The second-order valence-electron chi connectivity index (χ2n) is 0.250. The van der Waals surface area contributed by atoms with E-state index in [9.17, 15) is 0 Å². The molecule has 0 aliphatic heterocycles. The van der Waals surface area contributed by atoms with E-state index in [0.29, 0.717) is 0 Å². The maximum Gasteiger partial charge on any atom is 1.00 e. The van der Waals surface area contributed by atoms with Crippen molar-refractivity contribution in [3.63, 3.8) is 0 Å². The normalized spacial score (nSPS) is 4.00. The van der Waals surface area contributed by atoms with Gasteiger partial charge in [0.2, 0.25) is 0 Å². The molecule has 0 rings (SSSR count). The quantitative estimate of drug-likeness (QED) is 0.250. The first kappa shape index (κ1) is 15.7. The van der Waals surface area contributed by atoms with E-state index in [1.807, 2.05) is 0 Å². The molecule has 0 aromatic carbocycles. The van der Waals surface area contributed by atoms with Crippen molar-refractivity contribution in [2.45, 2.75) is 0 Å². The summed E-state index contributed by atoms with van der Waals surface area (Å²) in [6, 6.07) is 0. The van der Waals surface area contributed by atoms with Crippen LogP contribution in [0.15, 0.2) is 0 Å². The molecule has 0 spiro atoms. The summed E-state index contributed by atoms with van der Waals surface area (Å²) in [4.78, 5) is 0. The minimum Gasteiger partial charge on any atom is -0.570 e. The topological polar surface area (TPSA) is 36.5 Å². The Hall–Kier alpha value is 2.13. The van der Waals surface area contributed by atoms with Crippen molar-refractivity contribution >= 4 is 41.0 Å². The second kappa shape index (κ2) is 10.2. The largest absolute Gasteiger partial charge is 1.00 e. The Morgan fingerprint density at radius 3 is 1.33 bits per heavy atom. The van der Waals surface area contributed by atoms with E-state index in [1.54, 1.807) is 0 Å². The molecule has 0 saturated heterocycles. The molecule has 0 amide bonds. The van der Waals surface area contributed by atoms with Gasteiger partial charge in [0.1, 0.15) is 0 Å². The number of quaternary nitrogens is 1. The Labute approximate surface area is 96.5 Å². The summed E-state index contributed by atoms with van der Waals surface area (Å²) in [6.45, 7) is 0. The summed E-state index contributed by atoms with van der Waals surface area (Å²) >= 11 is 12.5. The summed E-state index contributed by atoms with van der Waals surface area (Å²) in [5.74, 6) is 0. The van der Waals surface area contributed by atoms with Gasteiger partial charge in [0, 0.05) is 0 Å². The average Bonchev–Trinajstić information content (AvgIpc) is 0.811. The molecule has 5 heteroatoms. The van der Waals surface area contributed by atoms with Crippen LogP contribution >= 0.6 is 12.2 Å². The Balaban J connectivity index is -0.0000000450. The molecule has 0 aromatic rings. The molecule has 0 fully saturated rings. The molecule has 4 N–H and O–H groups in total. The minimum absolute atomic E-state index is 0. The monoisotopic (exact) mass is 165 g/mol. The van der Waals surface area contributed by atoms with E-state index in [1.165, 1.54) is 0 Å². The third-order valence-corrected chi connectivity index (χ3v) is 0. The number of thiocarbonyl (C=S) groups is 1. The van der Waals surface area contributed by atoms with Crippen molar-refractivity contribution < 1.29 is 51.4 Å². The molecule has 6 heavy (non-hydrogen) atoms. The van der Waals surface area contributed by atoms with Gasteiger partial charge in [-0.25, -0.2) is 0 Å². The molecule has 0 aliphatic rings. The fourth-order valence-electron chi connectivity index (χ4n) is 0. The second-order valence-corrected chi connectivity index (χ2v) is 2.25. The summed E-state index contributed by atoms with van der Waals surface area (Å²) in [6.07, 6.45) is 0. The molecular weight excluding hydrogens is 161 g/mol. The van der Waals surface area contributed by atoms with Crippen LogP contribution in [-0.4, -0.2) is 3.53 Å². The fraction of sp³-hybridized carbons (Fsp3) is 0. The van der Waals surface area contributed by atoms with Gasteiger partial charge in [-0.15, -0.1) is 0 Å². The molecular formula is CH4KNS3. The summed E-state index contributed by atoms with van der Waals surface area (Å²) in [7, 11) is 0. The van der Waals surface area contributed by atoms with Crippen LogP contribution in [0.5, 0.6) is 0 Å². The summed E-state index contributed by atoms with van der Waals surface area (Å²) < 4.78 is 0.167. The molecule has 0 heterocycles. The van der Waals surface area contributed by atoms with E-state index >= 15 is 0 Å². The Bertz CT molecular complexity index is 33.8. The number of hydrogen-bond acceptors (Lipinski definition) is 3. The van der Waals surface area contributed by atoms with Gasteiger partial charge in [-0.2, -0.15) is 0 Å². The van der Waals surface area contributed by atoms with Crippen LogP contribution in [0.25, 0.3) is 0 Å². The molecule has 0 radical (unpaired) electrons. The van der Waals surface area contributed by atoms with Gasteiger partial charge in [-0.1, -0.05) is 0 Å². The Kier molecular flexibility index (Phi) is 26.6. The van der Waals surface area contributed by atoms with E-state index in [2.05, 4.69) is 37.5 Å². The fourth-order valence-corrected chi connectivity index (χ4v) is 0. The maximum atomic E-state index is 4.17. The number of rotatable bonds is 0. The van der Waals surface area contributed by atoms with Gasteiger partial charge < -0.3 is 43.6 Å². The van der Waals surface area contributed by atoms with Crippen LogP contribution in [0, 0.1) is 0 Å². The third kappa shape index (κ3) is 35.6. The predicted molar refractivity (Wildman–Crippen MR) is 33.3 cm³/mol. The zero-order valence-corrected chi connectivity index (χ0v) is 9.30. The first-order chi connectivity index (χ1) is 1.73. The zero-order valence-electron chi connectivity index (χ0n) is 3.72. The van der Waals surface area contributed by atoms with E-state index < -0.39 is 0 Å². The van der Waals surface area contributed by atoms with Crippen LogP contribution in [0.2, 0.25) is 0 Å². The Morgan fingerprint density at radius 2 is 1.33 bits per heavy atom. The standard InChI is InChI=1S/CH2S3.K.H3N/c2-1(3)4;;/h(H2,2,3,4);;1H3/q;+1;/p-1. The van der Waals surface area contributed by atoms with Crippen molar-refractivity contribution in [2.75, 3.05) is 0 Å². The maximum absolute atomic E-state index is 4.17. The van der Waals surface area contributed by atoms with Gasteiger partial charge in [0.05, 0.1) is 0 Å². The Morgan fingerprint density at radius 1 is 1.33 bits per heavy atom. The predicted octanol–water partition coefficient (Wildman–Crippen LogP) is -2.25. The van der Waals surface area contributed by atoms with Crippen molar-refractivity contribution in [1.29, 1.82) is 0 Å². The van der Waals surface area contributed by atoms with Gasteiger partial charge in [0.15, 0.2) is 0 Å². The van der Waals surface area contributed by atoms with Crippen LogP contribution in [0.1, 0.15) is 0 Å².